The molecule has 0 saturated carbocycles. The lowest BCUT2D eigenvalue weighted by Gasteiger charge is -2.40. The highest BCUT2D eigenvalue weighted by atomic mass is 35.5. The molecule has 30 heavy (non-hydrogen) atoms. The number of pyridine rings is 1. The first kappa shape index (κ1) is 20.9. The van der Waals surface area contributed by atoms with Crippen LogP contribution in [0.25, 0.3) is 0 Å². The molecule has 11 heteroatoms. The summed E-state index contributed by atoms with van der Waals surface area (Å²) >= 11 is 5.85. The molecule has 0 radical (unpaired) electrons. The quantitative estimate of drug-likeness (QED) is 0.727. The Labute approximate surface area is 176 Å². The zero-order valence-electron chi connectivity index (χ0n) is 16.3. The molecule has 2 aliphatic rings. The second kappa shape index (κ2) is 8.07. The van der Waals surface area contributed by atoms with Gasteiger partial charge in [0.05, 0.1) is 36.5 Å². The van der Waals surface area contributed by atoms with Gasteiger partial charge in [-0.25, -0.2) is 0 Å². The standard InChI is InChI=1S/C19H21ClF3N5O2/c1-12-11-30-7-6-26(12)16-8-17(29)27-5-4-15(19(21,22)23)28(18(27)25-16)10-14-3-2-13(20)9-24-14/h2-3,8-9,12,15H,4-7,10-11H2,1H3. The summed E-state index contributed by atoms with van der Waals surface area (Å²) in [4.78, 5) is 24.4. The number of hydrogen-bond acceptors (Lipinski definition) is 6. The van der Waals surface area contributed by atoms with E-state index in [9.17, 15) is 18.0 Å². The van der Waals surface area contributed by atoms with Crippen LogP contribution in [0.4, 0.5) is 24.9 Å². The van der Waals surface area contributed by atoms with E-state index in [1.54, 1.807) is 12.1 Å². The van der Waals surface area contributed by atoms with Gasteiger partial charge in [-0.15, -0.1) is 0 Å². The van der Waals surface area contributed by atoms with E-state index < -0.39 is 12.2 Å². The Morgan fingerprint density at radius 1 is 1.30 bits per heavy atom. The summed E-state index contributed by atoms with van der Waals surface area (Å²) in [6, 6.07) is 2.72. The van der Waals surface area contributed by atoms with Gasteiger partial charge in [0.2, 0.25) is 5.95 Å². The van der Waals surface area contributed by atoms with Gasteiger partial charge in [0, 0.05) is 25.4 Å². The predicted molar refractivity (Wildman–Crippen MR) is 106 cm³/mol. The molecule has 2 aromatic heterocycles. The van der Waals surface area contributed by atoms with Crippen LogP contribution in [0, 0.1) is 0 Å². The van der Waals surface area contributed by atoms with Crippen LogP contribution in [-0.2, 0) is 17.8 Å². The molecule has 4 rings (SSSR count). The van der Waals surface area contributed by atoms with E-state index >= 15 is 0 Å². The Kier molecular flexibility index (Phi) is 5.63. The second-order valence-corrected chi connectivity index (χ2v) is 7.90. The number of hydrogen-bond donors (Lipinski definition) is 0. The zero-order valence-corrected chi connectivity index (χ0v) is 17.0. The summed E-state index contributed by atoms with van der Waals surface area (Å²) in [6.45, 7) is 3.17. The van der Waals surface area contributed by atoms with Crippen molar-refractivity contribution in [1.82, 2.24) is 14.5 Å². The van der Waals surface area contributed by atoms with E-state index in [4.69, 9.17) is 16.3 Å². The fraction of sp³-hybridized carbons (Fsp3) is 0.526. The molecule has 0 amide bonds. The third-order valence-electron chi connectivity index (χ3n) is 5.39. The average Bonchev–Trinajstić information content (AvgIpc) is 2.69. The molecular formula is C19H21ClF3N5O2. The molecule has 2 aromatic rings. The first-order valence-corrected chi connectivity index (χ1v) is 10.0. The molecule has 4 heterocycles. The third-order valence-corrected chi connectivity index (χ3v) is 5.62. The van der Waals surface area contributed by atoms with E-state index in [1.807, 2.05) is 11.8 Å². The summed E-state index contributed by atoms with van der Waals surface area (Å²) in [5.41, 5.74) is 0.0323. The lowest BCUT2D eigenvalue weighted by atomic mass is 10.1. The number of rotatable bonds is 3. The number of fused-ring (bicyclic) bond motifs is 1. The summed E-state index contributed by atoms with van der Waals surface area (Å²) < 4.78 is 48.2. The fourth-order valence-electron chi connectivity index (χ4n) is 3.87. The summed E-state index contributed by atoms with van der Waals surface area (Å²) in [5, 5.41) is 0.392. The van der Waals surface area contributed by atoms with Crippen LogP contribution >= 0.6 is 11.6 Å². The lowest BCUT2D eigenvalue weighted by molar-refractivity contribution is -0.153. The van der Waals surface area contributed by atoms with E-state index in [1.165, 1.54) is 16.8 Å². The van der Waals surface area contributed by atoms with Gasteiger partial charge < -0.3 is 14.5 Å². The number of nitrogens with zero attached hydrogens (tertiary/aromatic N) is 5. The minimum atomic E-state index is -4.47. The molecule has 0 N–H and O–H groups in total. The van der Waals surface area contributed by atoms with Crippen molar-refractivity contribution in [3.05, 3.63) is 45.5 Å². The lowest BCUT2D eigenvalue weighted by Crippen LogP contribution is -2.52. The highest BCUT2D eigenvalue weighted by Gasteiger charge is 2.47. The maximum Gasteiger partial charge on any atom is 0.408 e. The normalized spacial score (nSPS) is 22.2. The fourth-order valence-corrected chi connectivity index (χ4v) is 3.98. The summed E-state index contributed by atoms with van der Waals surface area (Å²) in [5.74, 6) is 0.362. The van der Waals surface area contributed by atoms with Gasteiger partial charge in [-0.2, -0.15) is 18.2 Å². The summed E-state index contributed by atoms with van der Waals surface area (Å²) in [7, 11) is 0. The van der Waals surface area contributed by atoms with Gasteiger partial charge in [-0.1, -0.05) is 11.6 Å². The predicted octanol–water partition coefficient (Wildman–Crippen LogP) is 2.86. The van der Waals surface area contributed by atoms with Gasteiger partial charge in [0.1, 0.15) is 11.9 Å². The van der Waals surface area contributed by atoms with Crippen LogP contribution in [-0.4, -0.2) is 52.6 Å². The number of anilines is 2. The average molecular weight is 444 g/mol. The van der Waals surface area contributed by atoms with Crippen molar-refractivity contribution < 1.29 is 17.9 Å². The van der Waals surface area contributed by atoms with Crippen molar-refractivity contribution in [2.75, 3.05) is 29.6 Å². The van der Waals surface area contributed by atoms with Crippen molar-refractivity contribution in [2.24, 2.45) is 0 Å². The van der Waals surface area contributed by atoms with Crippen molar-refractivity contribution in [1.29, 1.82) is 0 Å². The zero-order chi connectivity index (χ0) is 21.5. The highest BCUT2D eigenvalue weighted by molar-refractivity contribution is 6.30. The Bertz CT molecular complexity index is 966. The van der Waals surface area contributed by atoms with Crippen LogP contribution < -0.4 is 15.4 Å². The first-order valence-electron chi connectivity index (χ1n) is 9.64. The minimum Gasteiger partial charge on any atom is -0.377 e. The molecule has 7 nitrogen and oxygen atoms in total. The van der Waals surface area contributed by atoms with E-state index in [-0.39, 0.29) is 37.1 Å². The Morgan fingerprint density at radius 2 is 2.10 bits per heavy atom. The van der Waals surface area contributed by atoms with E-state index in [0.29, 0.717) is 36.3 Å². The molecule has 1 fully saturated rings. The molecule has 2 aliphatic heterocycles. The SMILES string of the molecule is CC1COCCN1c1cc(=O)n2c(n1)N(Cc1ccc(Cl)cn1)C(C(F)(F)F)CC2. The van der Waals surface area contributed by atoms with Crippen LogP contribution in [0.3, 0.4) is 0 Å². The molecule has 0 spiro atoms. The molecular weight excluding hydrogens is 423 g/mol. The smallest absolute Gasteiger partial charge is 0.377 e. The van der Waals surface area contributed by atoms with Crippen molar-refractivity contribution in [3.8, 4) is 0 Å². The number of halogens is 4. The third kappa shape index (κ3) is 4.11. The maximum absolute atomic E-state index is 13.8. The molecule has 2 unspecified atom stereocenters. The molecule has 2 atom stereocenters. The van der Waals surface area contributed by atoms with Crippen LogP contribution in [0.1, 0.15) is 19.0 Å². The monoisotopic (exact) mass is 443 g/mol. The molecule has 0 aliphatic carbocycles. The number of ether oxygens (including phenoxy) is 1. The summed E-state index contributed by atoms with van der Waals surface area (Å²) in [6.07, 6.45) is -3.33. The maximum atomic E-state index is 13.8. The Hall–Kier alpha value is -2.33. The van der Waals surface area contributed by atoms with Crippen LogP contribution in [0.15, 0.2) is 29.2 Å². The van der Waals surface area contributed by atoms with Gasteiger partial charge in [0.25, 0.3) is 5.56 Å². The van der Waals surface area contributed by atoms with Crippen molar-refractivity contribution in [2.45, 2.75) is 44.7 Å². The van der Waals surface area contributed by atoms with E-state index in [2.05, 4.69) is 9.97 Å². The van der Waals surface area contributed by atoms with Crippen molar-refractivity contribution in [3.63, 3.8) is 0 Å². The number of morpholine rings is 1. The van der Waals surface area contributed by atoms with Crippen LogP contribution in [0.2, 0.25) is 5.02 Å². The second-order valence-electron chi connectivity index (χ2n) is 7.46. The largest absolute Gasteiger partial charge is 0.408 e. The number of aromatic nitrogens is 3. The highest BCUT2D eigenvalue weighted by Crippen LogP contribution is 2.35. The first-order chi connectivity index (χ1) is 14.2. The topological polar surface area (TPSA) is 63.5 Å². The van der Waals surface area contributed by atoms with Gasteiger partial charge in [0.15, 0.2) is 0 Å². The Balaban J connectivity index is 1.78. The van der Waals surface area contributed by atoms with Crippen molar-refractivity contribution >= 4 is 23.4 Å². The molecule has 0 aromatic carbocycles. The number of alkyl halides is 3. The molecule has 162 valence electrons. The van der Waals surface area contributed by atoms with Gasteiger partial charge >= 0.3 is 6.18 Å². The van der Waals surface area contributed by atoms with Crippen LogP contribution in [0.5, 0.6) is 0 Å². The molecule has 1 saturated heterocycles. The van der Waals surface area contributed by atoms with Gasteiger partial charge in [-0.3, -0.25) is 14.3 Å². The Morgan fingerprint density at radius 3 is 2.77 bits per heavy atom. The van der Waals surface area contributed by atoms with E-state index in [0.717, 1.165) is 4.90 Å². The minimum absolute atomic E-state index is 0.00140. The van der Waals surface area contributed by atoms with Gasteiger partial charge in [-0.05, 0) is 25.5 Å². The molecule has 0 bridgehead atoms.